The average molecular weight is 557 g/mol. The molecule has 0 unspecified atom stereocenters. The van der Waals surface area contributed by atoms with E-state index in [9.17, 15) is 14.4 Å². The molecule has 4 atom stereocenters. The number of benzene rings is 4. The lowest BCUT2D eigenvalue weighted by molar-refractivity contribution is -0.122. The molecule has 0 aromatic heterocycles. The molecule has 7 heteroatoms. The summed E-state index contributed by atoms with van der Waals surface area (Å²) in [6.45, 7) is 0. The zero-order valence-corrected chi connectivity index (χ0v) is 23.1. The molecule has 4 aromatic rings. The molecule has 0 saturated carbocycles. The largest absolute Gasteiger partial charge is 0.497 e. The van der Waals surface area contributed by atoms with Gasteiger partial charge in [0.2, 0.25) is 5.91 Å². The molecule has 42 heavy (non-hydrogen) atoms. The highest BCUT2D eigenvalue weighted by atomic mass is 16.5. The Balaban J connectivity index is 1.50. The van der Waals surface area contributed by atoms with Gasteiger partial charge in [-0.1, -0.05) is 42.5 Å². The Bertz CT molecular complexity index is 1760. The van der Waals surface area contributed by atoms with Crippen molar-refractivity contribution in [2.75, 3.05) is 19.5 Å². The molecular weight excluding hydrogens is 528 g/mol. The van der Waals surface area contributed by atoms with E-state index in [4.69, 9.17) is 9.47 Å². The van der Waals surface area contributed by atoms with Gasteiger partial charge in [-0.15, -0.1) is 0 Å². The molecule has 1 N–H and O–H groups in total. The Morgan fingerprint density at radius 1 is 0.762 bits per heavy atom. The molecule has 1 spiro atoms. The van der Waals surface area contributed by atoms with Gasteiger partial charge in [0.1, 0.15) is 23.0 Å². The number of para-hydroxylation sites is 1. The van der Waals surface area contributed by atoms with Crippen molar-refractivity contribution < 1.29 is 23.9 Å². The maximum atomic E-state index is 14.8. The van der Waals surface area contributed by atoms with Crippen molar-refractivity contribution in [1.82, 2.24) is 4.90 Å². The molecule has 0 aliphatic carbocycles. The van der Waals surface area contributed by atoms with Crippen LogP contribution < -0.4 is 14.8 Å². The zero-order chi connectivity index (χ0) is 29.0. The van der Waals surface area contributed by atoms with Crippen LogP contribution >= 0.6 is 0 Å². The van der Waals surface area contributed by atoms with Crippen LogP contribution in [-0.4, -0.2) is 42.6 Å². The molecule has 1 fully saturated rings. The van der Waals surface area contributed by atoms with E-state index in [0.29, 0.717) is 33.9 Å². The van der Waals surface area contributed by atoms with E-state index < -0.39 is 23.4 Å². The number of methoxy groups -OCH3 is 2. The number of ketones is 2. The van der Waals surface area contributed by atoms with Crippen LogP contribution in [-0.2, 0) is 10.2 Å². The number of amides is 1. The number of hydrogen-bond donors (Lipinski definition) is 1. The van der Waals surface area contributed by atoms with Gasteiger partial charge in [0, 0.05) is 23.0 Å². The minimum Gasteiger partial charge on any atom is -0.497 e. The van der Waals surface area contributed by atoms with E-state index in [2.05, 4.69) is 5.32 Å². The lowest BCUT2D eigenvalue weighted by Gasteiger charge is -2.38. The van der Waals surface area contributed by atoms with Crippen molar-refractivity contribution in [2.24, 2.45) is 5.92 Å². The molecule has 4 aromatic carbocycles. The monoisotopic (exact) mass is 556 g/mol. The summed E-state index contributed by atoms with van der Waals surface area (Å²) < 4.78 is 10.6. The van der Waals surface area contributed by atoms with Crippen LogP contribution in [0.5, 0.6) is 11.5 Å². The average Bonchev–Trinajstić information content (AvgIpc) is 3.52. The highest BCUT2D eigenvalue weighted by Crippen LogP contribution is 2.62. The number of carbonyl (C=O) groups excluding carboxylic acids is 3. The van der Waals surface area contributed by atoms with Gasteiger partial charge >= 0.3 is 0 Å². The third-order valence-corrected chi connectivity index (χ3v) is 8.87. The maximum Gasteiger partial charge on any atom is 0.238 e. The van der Waals surface area contributed by atoms with Gasteiger partial charge in [0.05, 0.1) is 26.2 Å². The molecule has 208 valence electrons. The van der Waals surface area contributed by atoms with Crippen molar-refractivity contribution >= 4 is 29.2 Å². The third-order valence-electron chi connectivity index (χ3n) is 8.87. The molecule has 0 radical (unpaired) electrons. The third kappa shape index (κ3) is 3.56. The normalized spacial score (nSPS) is 23.1. The van der Waals surface area contributed by atoms with Gasteiger partial charge in [-0.25, -0.2) is 0 Å². The Morgan fingerprint density at radius 3 is 2.02 bits per heavy atom. The molecular formula is C35H28N2O5. The molecule has 3 aliphatic rings. The van der Waals surface area contributed by atoms with Crippen molar-refractivity contribution in [3.63, 3.8) is 0 Å². The van der Waals surface area contributed by atoms with Crippen LogP contribution in [0.15, 0.2) is 103 Å². The molecule has 3 heterocycles. The maximum absolute atomic E-state index is 14.8. The van der Waals surface area contributed by atoms with Crippen LogP contribution in [0, 0.1) is 5.92 Å². The second kappa shape index (κ2) is 9.73. The van der Waals surface area contributed by atoms with Gasteiger partial charge in [-0.3, -0.25) is 14.4 Å². The van der Waals surface area contributed by atoms with E-state index in [0.717, 1.165) is 11.1 Å². The molecule has 1 amide bonds. The summed E-state index contributed by atoms with van der Waals surface area (Å²) in [5, 5.41) is 3.07. The number of Topliss-reactive ketones (excluding diaryl/α,β-unsaturated/α-hetero) is 2. The number of nitrogens with zero attached hydrogens (tertiary/aromatic N) is 1. The first-order valence-electron chi connectivity index (χ1n) is 13.8. The van der Waals surface area contributed by atoms with E-state index in [1.807, 2.05) is 65.7 Å². The highest BCUT2D eigenvalue weighted by Gasteiger charge is 2.70. The Morgan fingerprint density at radius 2 is 1.36 bits per heavy atom. The summed E-state index contributed by atoms with van der Waals surface area (Å²) in [4.78, 5) is 45.8. The fourth-order valence-electron chi connectivity index (χ4n) is 7.03. The Labute approximate surface area is 243 Å². The smallest absolute Gasteiger partial charge is 0.238 e. The lowest BCUT2D eigenvalue weighted by Crippen LogP contribution is -2.49. The topological polar surface area (TPSA) is 84.9 Å². The molecule has 0 bridgehead atoms. The van der Waals surface area contributed by atoms with Gasteiger partial charge in [0.15, 0.2) is 11.6 Å². The van der Waals surface area contributed by atoms with Crippen molar-refractivity contribution in [2.45, 2.75) is 17.5 Å². The van der Waals surface area contributed by atoms with E-state index >= 15 is 0 Å². The highest BCUT2D eigenvalue weighted by molar-refractivity contribution is 6.16. The van der Waals surface area contributed by atoms with Crippen LogP contribution in [0.4, 0.5) is 5.69 Å². The quantitative estimate of drug-likeness (QED) is 0.308. The van der Waals surface area contributed by atoms with Crippen LogP contribution in [0.1, 0.15) is 43.4 Å². The minimum absolute atomic E-state index is 0.243. The first-order valence-corrected chi connectivity index (χ1v) is 13.8. The summed E-state index contributed by atoms with van der Waals surface area (Å²) in [7, 11) is 3.13. The van der Waals surface area contributed by atoms with Gasteiger partial charge < -0.3 is 19.7 Å². The van der Waals surface area contributed by atoms with E-state index in [-0.39, 0.29) is 17.5 Å². The fourth-order valence-corrected chi connectivity index (χ4v) is 7.03. The van der Waals surface area contributed by atoms with Gasteiger partial charge in [-0.2, -0.15) is 0 Å². The first-order chi connectivity index (χ1) is 20.5. The van der Waals surface area contributed by atoms with E-state index in [1.54, 1.807) is 62.8 Å². The van der Waals surface area contributed by atoms with Gasteiger partial charge in [-0.05, 0) is 77.4 Å². The Kier molecular flexibility index (Phi) is 5.97. The Hall–Kier alpha value is -5.17. The second-order valence-electron chi connectivity index (χ2n) is 10.8. The number of hydrogen-bond acceptors (Lipinski definition) is 6. The number of carbonyl (C=O) groups is 3. The molecule has 7 nitrogen and oxygen atoms in total. The van der Waals surface area contributed by atoms with Crippen LogP contribution in [0.2, 0.25) is 0 Å². The summed E-state index contributed by atoms with van der Waals surface area (Å²) in [5.74, 6) is -0.624. The SMILES string of the molecule is COc1ccc(C(=O)[C@@H]2[C@@H](C(=O)c3ccc(OC)cc3)[C@@]3(C(=O)Nc4ccccc43)[C@H]3c4ccccc4C=CN23)cc1. The zero-order valence-electron chi connectivity index (χ0n) is 23.1. The summed E-state index contributed by atoms with van der Waals surface area (Å²) in [6.07, 6.45) is 3.82. The first kappa shape index (κ1) is 25.8. The van der Waals surface area contributed by atoms with Crippen molar-refractivity contribution in [3.05, 3.63) is 131 Å². The molecule has 3 aliphatic heterocycles. The summed E-state index contributed by atoms with van der Waals surface area (Å²) in [5.41, 5.74) is 2.67. The lowest BCUT2D eigenvalue weighted by atomic mass is 9.62. The number of nitrogens with one attached hydrogen (secondary N) is 1. The molecule has 7 rings (SSSR count). The van der Waals surface area contributed by atoms with Gasteiger partial charge in [0.25, 0.3) is 0 Å². The minimum atomic E-state index is -1.37. The number of anilines is 1. The van der Waals surface area contributed by atoms with Crippen LogP contribution in [0.25, 0.3) is 6.08 Å². The molecule has 1 saturated heterocycles. The summed E-state index contributed by atoms with van der Waals surface area (Å²) in [6, 6.07) is 27.5. The van der Waals surface area contributed by atoms with Crippen molar-refractivity contribution in [3.8, 4) is 11.5 Å². The van der Waals surface area contributed by atoms with E-state index in [1.165, 1.54) is 0 Å². The van der Waals surface area contributed by atoms with Crippen molar-refractivity contribution in [1.29, 1.82) is 0 Å². The number of fused-ring (bicyclic) bond motifs is 6. The fraction of sp³-hybridized carbons (Fsp3) is 0.171. The number of rotatable bonds is 6. The predicted molar refractivity (Wildman–Crippen MR) is 159 cm³/mol. The number of ether oxygens (including phenoxy) is 2. The second-order valence-corrected chi connectivity index (χ2v) is 10.8. The standard InChI is InChI=1S/C35H28N2O5/c1-41-24-15-11-22(12-16-24)31(38)29-30(32(39)23-13-17-25(42-2)18-14-23)37-20-19-21-7-3-4-8-26(21)33(37)35(29)27-9-5-6-10-28(27)36-34(35)40/h3-20,29-30,33H,1-2H3,(H,36,40)/t29-,30-,33+,35+/m0/s1. The summed E-state index contributed by atoms with van der Waals surface area (Å²) >= 11 is 0. The predicted octanol–water partition coefficient (Wildman–Crippen LogP) is 5.69. The van der Waals surface area contributed by atoms with Crippen LogP contribution in [0.3, 0.4) is 0 Å².